The fourth-order valence-corrected chi connectivity index (χ4v) is 4.20. The van der Waals surface area contributed by atoms with Crippen LogP contribution in [0.15, 0.2) is 48.8 Å². The van der Waals surface area contributed by atoms with Crippen molar-refractivity contribution in [2.75, 3.05) is 44.2 Å². The zero-order valence-electron chi connectivity index (χ0n) is 21.0. The summed E-state index contributed by atoms with van der Waals surface area (Å²) in [5.41, 5.74) is 3.96. The number of aromatic nitrogens is 3. The number of nitrogens with one attached hydrogen (secondary N) is 1. The van der Waals surface area contributed by atoms with Crippen molar-refractivity contribution in [2.45, 2.75) is 27.2 Å². The number of aryl methyl sites for hydroxylation is 1. The summed E-state index contributed by atoms with van der Waals surface area (Å²) in [4.78, 5) is 33.4. The molecule has 0 bridgehead atoms. The van der Waals surface area contributed by atoms with Crippen LogP contribution in [0.5, 0.6) is 5.75 Å². The van der Waals surface area contributed by atoms with Gasteiger partial charge in [0.25, 0.3) is 11.8 Å². The van der Waals surface area contributed by atoms with E-state index < -0.39 is 0 Å². The van der Waals surface area contributed by atoms with E-state index in [1.165, 1.54) is 0 Å². The summed E-state index contributed by atoms with van der Waals surface area (Å²) in [6.45, 7) is 9.59. The first-order valence-electron chi connectivity index (χ1n) is 12.3. The molecule has 0 atom stereocenters. The second kappa shape index (κ2) is 11.6. The topological polar surface area (TPSA) is 101 Å². The van der Waals surface area contributed by atoms with E-state index in [1.54, 1.807) is 18.5 Å². The smallest absolute Gasteiger partial charge is 0.271 e. The van der Waals surface area contributed by atoms with Crippen LogP contribution >= 0.6 is 0 Å². The standard InChI is InChI=1S/C27H32N6O3/c1-4-10-29-26(34)24-8-9-25(31-30-24)32-11-13-33(14-12-32)27(35)20-6-7-23(19(3)15-20)21-16-22(36-5-2)18-28-17-21/h6-9,15-18H,4-5,10-14H2,1-3H3,(H,29,34). The van der Waals surface area contributed by atoms with Crippen LogP contribution in [0.25, 0.3) is 11.1 Å². The molecule has 0 aliphatic carbocycles. The molecular formula is C27H32N6O3. The quantitative estimate of drug-likeness (QED) is 0.519. The van der Waals surface area contributed by atoms with E-state index in [0.717, 1.165) is 28.9 Å². The summed E-state index contributed by atoms with van der Waals surface area (Å²) >= 11 is 0. The molecule has 3 heterocycles. The maximum absolute atomic E-state index is 13.2. The number of carbonyl (C=O) groups excluding carboxylic acids is 2. The summed E-state index contributed by atoms with van der Waals surface area (Å²) < 4.78 is 5.57. The van der Waals surface area contributed by atoms with Crippen molar-refractivity contribution in [1.82, 2.24) is 25.4 Å². The Bertz CT molecular complexity index is 1210. The van der Waals surface area contributed by atoms with Crippen molar-refractivity contribution < 1.29 is 14.3 Å². The summed E-state index contributed by atoms with van der Waals surface area (Å²) in [5.74, 6) is 1.23. The summed E-state index contributed by atoms with van der Waals surface area (Å²) in [6, 6.07) is 11.2. The molecule has 1 aliphatic rings. The number of amides is 2. The largest absolute Gasteiger partial charge is 0.492 e. The highest BCUT2D eigenvalue weighted by atomic mass is 16.5. The Morgan fingerprint density at radius 1 is 1.00 bits per heavy atom. The average Bonchev–Trinajstić information content (AvgIpc) is 2.92. The summed E-state index contributed by atoms with van der Waals surface area (Å²) in [6.07, 6.45) is 4.37. The first-order chi connectivity index (χ1) is 17.5. The van der Waals surface area contributed by atoms with Gasteiger partial charge in [-0.25, -0.2) is 0 Å². The number of piperazine rings is 1. The predicted molar refractivity (Wildman–Crippen MR) is 138 cm³/mol. The second-order valence-corrected chi connectivity index (χ2v) is 8.68. The van der Waals surface area contributed by atoms with Gasteiger partial charge in [-0.3, -0.25) is 14.6 Å². The molecule has 1 N–H and O–H groups in total. The third-order valence-corrected chi connectivity index (χ3v) is 6.12. The molecule has 188 valence electrons. The molecule has 0 unspecified atom stereocenters. The molecule has 0 radical (unpaired) electrons. The number of pyridine rings is 1. The molecule has 1 aromatic carbocycles. The maximum atomic E-state index is 13.2. The van der Waals surface area contributed by atoms with Gasteiger partial charge < -0.3 is 19.9 Å². The van der Waals surface area contributed by atoms with E-state index in [9.17, 15) is 9.59 Å². The third kappa shape index (κ3) is 5.79. The highest BCUT2D eigenvalue weighted by molar-refractivity contribution is 5.95. The number of ether oxygens (including phenoxy) is 1. The lowest BCUT2D eigenvalue weighted by atomic mass is 9.99. The molecule has 0 saturated carbocycles. The zero-order valence-corrected chi connectivity index (χ0v) is 21.0. The molecule has 1 saturated heterocycles. The molecule has 3 aromatic rings. The normalized spacial score (nSPS) is 13.4. The zero-order chi connectivity index (χ0) is 25.5. The predicted octanol–water partition coefficient (Wildman–Crippen LogP) is 3.35. The van der Waals surface area contributed by atoms with Crippen LogP contribution in [-0.2, 0) is 0 Å². The second-order valence-electron chi connectivity index (χ2n) is 8.68. The summed E-state index contributed by atoms with van der Waals surface area (Å²) in [5, 5.41) is 11.1. The molecule has 9 nitrogen and oxygen atoms in total. The fourth-order valence-electron chi connectivity index (χ4n) is 4.20. The number of hydrogen-bond acceptors (Lipinski definition) is 7. The fraction of sp³-hybridized carbons (Fsp3) is 0.370. The van der Waals surface area contributed by atoms with Crippen molar-refractivity contribution in [3.8, 4) is 16.9 Å². The lowest BCUT2D eigenvalue weighted by molar-refractivity contribution is 0.0746. The van der Waals surface area contributed by atoms with E-state index in [0.29, 0.717) is 56.4 Å². The first-order valence-corrected chi connectivity index (χ1v) is 12.3. The Balaban J connectivity index is 1.37. The van der Waals surface area contributed by atoms with Crippen molar-refractivity contribution >= 4 is 17.6 Å². The van der Waals surface area contributed by atoms with Gasteiger partial charge in [0.2, 0.25) is 0 Å². The van der Waals surface area contributed by atoms with E-state index in [4.69, 9.17) is 4.74 Å². The molecule has 1 fully saturated rings. The number of rotatable bonds is 8. The lowest BCUT2D eigenvalue weighted by Gasteiger charge is -2.35. The molecule has 36 heavy (non-hydrogen) atoms. The van der Waals surface area contributed by atoms with Crippen molar-refractivity contribution in [3.63, 3.8) is 0 Å². The van der Waals surface area contributed by atoms with Crippen LogP contribution in [-0.4, -0.2) is 71.2 Å². The number of nitrogens with zero attached hydrogens (tertiary/aromatic N) is 5. The Hall–Kier alpha value is -4.01. The SMILES string of the molecule is CCCNC(=O)c1ccc(N2CCN(C(=O)c3ccc(-c4cncc(OCC)c4)c(C)c3)CC2)nn1. The van der Waals surface area contributed by atoms with Gasteiger partial charge in [0, 0.05) is 50.0 Å². The van der Waals surface area contributed by atoms with Crippen LogP contribution in [0.4, 0.5) is 5.82 Å². The minimum absolute atomic E-state index is 0.0134. The van der Waals surface area contributed by atoms with Gasteiger partial charge in [-0.2, -0.15) is 0 Å². The number of benzene rings is 1. The minimum Gasteiger partial charge on any atom is -0.492 e. The molecular weight excluding hydrogens is 456 g/mol. The first kappa shape index (κ1) is 25.1. The van der Waals surface area contributed by atoms with Crippen LogP contribution in [0.3, 0.4) is 0 Å². The number of anilines is 1. The number of carbonyl (C=O) groups is 2. The van der Waals surface area contributed by atoms with E-state index in [1.807, 2.05) is 56.0 Å². The minimum atomic E-state index is -0.217. The van der Waals surface area contributed by atoms with Crippen molar-refractivity contribution in [1.29, 1.82) is 0 Å². The molecule has 9 heteroatoms. The van der Waals surface area contributed by atoms with Crippen LogP contribution < -0.4 is 15.0 Å². The van der Waals surface area contributed by atoms with Gasteiger partial charge in [-0.15, -0.1) is 10.2 Å². The van der Waals surface area contributed by atoms with E-state index in [-0.39, 0.29) is 11.8 Å². The van der Waals surface area contributed by atoms with Gasteiger partial charge in [-0.05, 0) is 61.7 Å². The Kier molecular flexibility index (Phi) is 8.10. The van der Waals surface area contributed by atoms with Gasteiger partial charge in [-0.1, -0.05) is 13.0 Å². The van der Waals surface area contributed by atoms with E-state index in [2.05, 4.69) is 25.4 Å². The molecule has 0 spiro atoms. The highest BCUT2D eigenvalue weighted by Gasteiger charge is 2.24. The third-order valence-electron chi connectivity index (χ3n) is 6.12. The lowest BCUT2D eigenvalue weighted by Crippen LogP contribution is -2.49. The maximum Gasteiger partial charge on any atom is 0.271 e. The monoisotopic (exact) mass is 488 g/mol. The Morgan fingerprint density at radius 2 is 1.81 bits per heavy atom. The van der Waals surface area contributed by atoms with Crippen LogP contribution in [0.1, 0.15) is 46.7 Å². The van der Waals surface area contributed by atoms with Gasteiger partial charge in [0.1, 0.15) is 5.75 Å². The Morgan fingerprint density at radius 3 is 2.47 bits per heavy atom. The van der Waals surface area contributed by atoms with Crippen molar-refractivity contribution in [3.05, 3.63) is 65.6 Å². The molecule has 2 amide bonds. The average molecular weight is 489 g/mol. The van der Waals surface area contributed by atoms with Gasteiger partial charge in [0.15, 0.2) is 11.5 Å². The van der Waals surface area contributed by atoms with E-state index >= 15 is 0 Å². The Labute approximate surface area is 211 Å². The van der Waals surface area contributed by atoms with Crippen LogP contribution in [0.2, 0.25) is 0 Å². The molecule has 4 rings (SSSR count). The molecule has 1 aliphatic heterocycles. The summed E-state index contributed by atoms with van der Waals surface area (Å²) in [7, 11) is 0. The van der Waals surface area contributed by atoms with Gasteiger partial charge in [0.05, 0.1) is 12.8 Å². The van der Waals surface area contributed by atoms with Gasteiger partial charge >= 0.3 is 0 Å². The van der Waals surface area contributed by atoms with Crippen molar-refractivity contribution in [2.24, 2.45) is 0 Å². The highest BCUT2D eigenvalue weighted by Crippen LogP contribution is 2.27. The van der Waals surface area contributed by atoms with Crippen LogP contribution in [0, 0.1) is 6.92 Å². The number of hydrogen-bond donors (Lipinski definition) is 1. The molecule has 2 aromatic heterocycles.